The van der Waals surface area contributed by atoms with Crippen molar-refractivity contribution in [2.24, 2.45) is 0 Å². The fourth-order valence-electron chi connectivity index (χ4n) is 4.87. The van der Waals surface area contributed by atoms with E-state index in [1.807, 2.05) is 6.07 Å². The van der Waals surface area contributed by atoms with E-state index in [4.69, 9.17) is 14.2 Å². The molecule has 0 N–H and O–H groups in total. The van der Waals surface area contributed by atoms with Gasteiger partial charge in [0, 0.05) is 17.1 Å². The highest BCUT2D eigenvalue weighted by Crippen LogP contribution is 2.29. The van der Waals surface area contributed by atoms with Gasteiger partial charge in [0.1, 0.15) is 24.3 Å². The second-order valence-corrected chi connectivity index (χ2v) is 11.1. The van der Waals surface area contributed by atoms with Crippen molar-refractivity contribution in [1.29, 1.82) is 0 Å². The van der Waals surface area contributed by atoms with Gasteiger partial charge in [0.15, 0.2) is 0 Å². The Kier molecular flexibility index (Phi) is 11.0. The first-order chi connectivity index (χ1) is 18.5. The zero-order valence-electron chi connectivity index (χ0n) is 22.2. The number of alkyl halides is 1. The van der Waals surface area contributed by atoms with Crippen LogP contribution < -0.4 is 4.90 Å². The smallest absolute Gasteiger partial charge is 0.414 e. The number of rotatable bonds is 14. The molecule has 2 aromatic rings. The third-order valence-corrected chi connectivity index (χ3v) is 8.10. The van der Waals surface area contributed by atoms with Crippen LogP contribution in [0.2, 0.25) is 0 Å². The molecular weight excluding hydrogens is 507 g/mol. The second kappa shape index (κ2) is 14.6. The molecule has 0 aliphatic carbocycles. The maximum absolute atomic E-state index is 14.5. The number of cyclic esters (lactones) is 1. The zero-order chi connectivity index (χ0) is 26.7. The van der Waals surface area contributed by atoms with Crippen LogP contribution in [-0.2, 0) is 20.8 Å². The van der Waals surface area contributed by atoms with Gasteiger partial charge in [-0.3, -0.25) is 9.80 Å². The Morgan fingerprint density at radius 1 is 1.13 bits per heavy atom. The molecule has 2 aliphatic heterocycles. The highest BCUT2D eigenvalue weighted by molar-refractivity contribution is 7.13. The summed E-state index contributed by atoms with van der Waals surface area (Å²) in [7, 11) is 0. The zero-order valence-corrected chi connectivity index (χ0v) is 23.1. The average Bonchev–Trinajstić information content (AvgIpc) is 3.56. The molecule has 0 spiro atoms. The van der Waals surface area contributed by atoms with Crippen LogP contribution in [0.3, 0.4) is 0 Å². The summed E-state index contributed by atoms with van der Waals surface area (Å²) in [5, 5.41) is 0. The Morgan fingerprint density at radius 3 is 2.68 bits per heavy atom. The average molecular weight is 547 g/mol. The minimum absolute atomic E-state index is 0.225. The molecule has 1 amide bonds. The summed E-state index contributed by atoms with van der Waals surface area (Å²) in [6, 6.07) is 10.4. The number of amides is 1. The quantitative estimate of drug-likeness (QED) is 0.198. The van der Waals surface area contributed by atoms with E-state index in [2.05, 4.69) is 11.8 Å². The summed E-state index contributed by atoms with van der Waals surface area (Å²) in [6.45, 7) is 6.27. The van der Waals surface area contributed by atoms with E-state index >= 15 is 0 Å². The third kappa shape index (κ3) is 8.01. The summed E-state index contributed by atoms with van der Waals surface area (Å²) in [5.74, 6) is -0.302. The fraction of sp³-hybridized carbons (Fsp3) is 0.586. The molecule has 1 unspecified atom stereocenters. The lowest BCUT2D eigenvalue weighted by molar-refractivity contribution is 0.0457. The number of esters is 1. The van der Waals surface area contributed by atoms with E-state index in [1.54, 1.807) is 35.2 Å². The van der Waals surface area contributed by atoms with Crippen molar-refractivity contribution < 1.29 is 28.2 Å². The lowest BCUT2D eigenvalue weighted by Gasteiger charge is -2.25. The van der Waals surface area contributed by atoms with Crippen molar-refractivity contribution >= 4 is 29.1 Å². The number of benzene rings is 1. The van der Waals surface area contributed by atoms with Crippen LogP contribution in [-0.4, -0.2) is 62.5 Å². The number of nitrogens with zero attached hydrogens (tertiary/aromatic N) is 2. The van der Waals surface area contributed by atoms with Gasteiger partial charge in [0.05, 0.1) is 19.3 Å². The number of hydrogen-bond donors (Lipinski definition) is 0. The van der Waals surface area contributed by atoms with Crippen LogP contribution in [0, 0.1) is 0 Å². The Hall–Kier alpha value is -2.49. The maximum Gasteiger partial charge on any atom is 0.414 e. The van der Waals surface area contributed by atoms with Gasteiger partial charge in [-0.05, 0) is 62.2 Å². The topological polar surface area (TPSA) is 68.3 Å². The summed E-state index contributed by atoms with van der Waals surface area (Å²) in [5.41, 5.74) is 1.29. The van der Waals surface area contributed by atoms with Crippen molar-refractivity contribution in [2.75, 3.05) is 44.4 Å². The molecule has 3 heterocycles. The third-order valence-electron chi connectivity index (χ3n) is 7.06. The summed E-state index contributed by atoms with van der Waals surface area (Å²) in [6.07, 6.45) is 5.74. The first-order valence-corrected chi connectivity index (χ1v) is 14.6. The van der Waals surface area contributed by atoms with Gasteiger partial charge < -0.3 is 14.2 Å². The second-order valence-electron chi connectivity index (χ2n) is 9.97. The van der Waals surface area contributed by atoms with E-state index < -0.39 is 12.3 Å². The van der Waals surface area contributed by atoms with E-state index in [9.17, 15) is 14.0 Å². The number of halogens is 1. The normalized spacial score (nSPS) is 18.9. The number of carbonyl (C=O) groups is 2. The molecular formula is C29H39FN2O5S. The highest BCUT2D eigenvalue weighted by atomic mass is 32.1. The highest BCUT2D eigenvalue weighted by Gasteiger charge is 2.34. The SMILES string of the molecule is CCCCCC(F)c1ccc(N2C(=O)OC[C@@H]2COCc2ccc(C(=O)OCCN3CCCCC3)s2)cc1. The number of carbonyl (C=O) groups excluding carboxylic acids is 2. The van der Waals surface area contributed by atoms with Gasteiger partial charge >= 0.3 is 12.1 Å². The van der Waals surface area contributed by atoms with Gasteiger partial charge in [-0.2, -0.15) is 0 Å². The van der Waals surface area contributed by atoms with Crippen molar-refractivity contribution in [3.05, 3.63) is 51.7 Å². The number of hydrogen-bond acceptors (Lipinski definition) is 7. The molecule has 1 aromatic heterocycles. The Labute approximate surface area is 228 Å². The number of likely N-dealkylation sites (tertiary alicyclic amines) is 1. The summed E-state index contributed by atoms with van der Waals surface area (Å²) < 4.78 is 31.1. The molecule has 2 atom stereocenters. The molecule has 38 heavy (non-hydrogen) atoms. The molecule has 0 radical (unpaired) electrons. The van der Waals surface area contributed by atoms with Gasteiger partial charge in [-0.15, -0.1) is 11.3 Å². The lowest BCUT2D eigenvalue weighted by atomic mass is 10.0. The van der Waals surface area contributed by atoms with Crippen LogP contribution >= 0.6 is 11.3 Å². The molecule has 7 nitrogen and oxygen atoms in total. The van der Waals surface area contributed by atoms with E-state index in [0.29, 0.717) is 35.8 Å². The monoisotopic (exact) mass is 546 g/mol. The number of anilines is 1. The van der Waals surface area contributed by atoms with Crippen LogP contribution in [0.4, 0.5) is 14.9 Å². The standard InChI is InChI=1S/C29H39FN2O5S/c1-2-3-5-8-26(30)22-9-11-23(12-10-22)32-24(20-37-29(32)34)19-35-21-25-13-14-27(38-25)28(33)36-18-17-31-15-6-4-7-16-31/h9-14,24,26H,2-8,15-21H2,1H3/t24-,26?/m0/s1. The van der Waals surface area contributed by atoms with E-state index in [0.717, 1.165) is 43.8 Å². The Balaban J connectivity index is 1.22. The first-order valence-electron chi connectivity index (χ1n) is 13.8. The van der Waals surface area contributed by atoms with Crippen LogP contribution in [0.1, 0.15) is 78.2 Å². The van der Waals surface area contributed by atoms with E-state index in [1.165, 1.54) is 30.6 Å². The summed E-state index contributed by atoms with van der Waals surface area (Å²) in [4.78, 5) is 30.2. The van der Waals surface area contributed by atoms with Crippen molar-refractivity contribution in [3.63, 3.8) is 0 Å². The van der Waals surface area contributed by atoms with Crippen LogP contribution in [0.15, 0.2) is 36.4 Å². The Bertz CT molecular complexity index is 1020. The molecule has 2 aliphatic rings. The molecule has 2 fully saturated rings. The maximum atomic E-state index is 14.5. The van der Waals surface area contributed by atoms with Gasteiger partial charge in [-0.1, -0.05) is 44.7 Å². The Morgan fingerprint density at radius 2 is 1.92 bits per heavy atom. The molecule has 208 valence electrons. The van der Waals surface area contributed by atoms with Crippen molar-refractivity contribution in [3.8, 4) is 0 Å². The van der Waals surface area contributed by atoms with Gasteiger partial charge in [0.2, 0.25) is 0 Å². The molecule has 9 heteroatoms. The molecule has 2 saturated heterocycles. The molecule has 4 rings (SSSR count). The largest absolute Gasteiger partial charge is 0.460 e. The van der Waals surface area contributed by atoms with Crippen LogP contribution in [0.5, 0.6) is 0 Å². The number of piperidine rings is 1. The molecule has 0 bridgehead atoms. The predicted molar refractivity (Wildman–Crippen MR) is 147 cm³/mol. The first kappa shape index (κ1) is 28.5. The van der Waals surface area contributed by atoms with Crippen molar-refractivity contribution in [1.82, 2.24) is 4.90 Å². The fourth-order valence-corrected chi connectivity index (χ4v) is 5.70. The van der Waals surface area contributed by atoms with Crippen LogP contribution in [0.25, 0.3) is 0 Å². The lowest BCUT2D eigenvalue weighted by Crippen LogP contribution is -2.36. The minimum Gasteiger partial charge on any atom is -0.460 e. The van der Waals surface area contributed by atoms with E-state index in [-0.39, 0.29) is 25.2 Å². The summed E-state index contributed by atoms with van der Waals surface area (Å²) >= 11 is 1.36. The molecule has 0 saturated carbocycles. The minimum atomic E-state index is -0.997. The van der Waals surface area contributed by atoms with Crippen molar-refractivity contribution in [2.45, 2.75) is 70.7 Å². The van der Waals surface area contributed by atoms with Gasteiger partial charge in [-0.25, -0.2) is 14.0 Å². The van der Waals surface area contributed by atoms with Gasteiger partial charge in [0.25, 0.3) is 0 Å². The number of ether oxygens (including phenoxy) is 3. The number of thiophene rings is 1. The molecule has 1 aromatic carbocycles. The predicted octanol–water partition coefficient (Wildman–Crippen LogP) is 6.52. The number of unbranched alkanes of at least 4 members (excludes halogenated alkanes) is 2.